The Bertz CT molecular complexity index is 866. The predicted octanol–water partition coefficient (Wildman–Crippen LogP) is 2.43. The second-order valence-corrected chi connectivity index (χ2v) is 7.53. The minimum absolute atomic E-state index is 0.0292. The van der Waals surface area contributed by atoms with Gasteiger partial charge in [-0.15, -0.1) is 0 Å². The summed E-state index contributed by atoms with van der Waals surface area (Å²) in [5.41, 5.74) is 2.27. The van der Waals surface area contributed by atoms with E-state index in [1.807, 2.05) is 13.8 Å². The second-order valence-electron chi connectivity index (χ2n) is 5.76. The number of hydrogen-bond donors (Lipinski definition) is 2. The highest BCUT2D eigenvalue weighted by atomic mass is 32.2. The maximum absolute atomic E-state index is 13.5. The van der Waals surface area contributed by atoms with Gasteiger partial charge in [-0.2, -0.15) is 0 Å². The highest BCUT2D eigenvalue weighted by molar-refractivity contribution is 7.89. The molecule has 0 heterocycles. The zero-order valence-corrected chi connectivity index (χ0v) is 15.0. The van der Waals surface area contributed by atoms with Crippen LogP contribution in [0.25, 0.3) is 0 Å². The van der Waals surface area contributed by atoms with Crippen molar-refractivity contribution in [3.63, 3.8) is 0 Å². The van der Waals surface area contributed by atoms with Gasteiger partial charge in [0.2, 0.25) is 15.9 Å². The van der Waals surface area contributed by atoms with E-state index in [1.165, 1.54) is 12.1 Å². The molecule has 0 fully saturated rings. The molecule has 0 aromatic heterocycles. The topological polar surface area (TPSA) is 75.3 Å². The van der Waals surface area contributed by atoms with Crippen LogP contribution in [0.4, 0.5) is 4.39 Å². The lowest BCUT2D eigenvalue weighted by molar-refractivity contribution is -0.121. The fourth-order valence-corrected chi connectivity index (χ4v) is 3.30. The summed E-state index contributed by atoms with van der Waals surface area (Å²) in [5, 5.41) is 2.57. The average Bonchev–Trinajstić information content (AvgIpc) is 2.56. The third-order valence-electron chi connectivity index (χ3n) is 3.87. The zero-order valence-electron chi connectivity index (χ0n) is 14.2. The van der Waals surface area contributed by atoms with Gasteiger partial charge in [0.05, 0.1) is 4.90 Å². The van der Waals surface area contributed by atoms with Gasteiger partial charge in [-0.25, -0.2) is 17.5 Å². The summed E-state index contributed by atoms with van der Waals surface area (Å²) in [6.07, 6.45) is -0.0292. The van der Waals surface area contributed by atoms with Crippen molar-refractivity contribution in [2.75, 3.05) is 6.54 Å². The van der Waals surface area contributed by atoms with Crippen LogP contribution in [0, 0.1) is 19.7 Å². The standard InChI is InChI=1S/C18H21FN2O3S/c1-13-7-8-16(11-14(13)2)25(23,24)21-10-9-18(22)20-12-15-5-3-4-6-17(15)19/h3-8,11,21H,9-10,12H2,1-2H3,(H,20,22). The molecule has 0 aliphatic carbocycles. The third kappa shape index (κ3) is 5.37. The van der Waals surface area contributed by atoms with Crippen molar-refractivity contribution in [2.24, 2.45) is 0 Å². The van der Waals surface area contributed by atoms with E-state index in [4.69, 9.17) is 0 Å². The van der Waals surface area contributed by atoms with Crippen molar-refractivity contribution in [3.8, 4) is 0 Å². The van der Waals surface area contributed by atoms with Crippen LogP contribution >= 0.6 is 0 Å². The van der Waals surface area contributed by atoms with Crippen LogP contribution in [0.3, 0.4) is 0 Å². The Balaban J connectivity index is 1.84. The normalized spacial score (nSPS) is 11.3. The number of carbonyl (C=O) groups excluding carboxylic acids is 1. The molecule has 2 N–H and O–H groups in total. The molecule has 7 heteroatoms. The highest BCUT2D eigenvalue weighted by Gasteiger charge is 2.15. The molecule has 2 aromatic carbocycles. The molecule has 0 saturated heterocycles. The number of carbonyl (C=O) groups is 1. The van der Waals surface area contributed by atoms with Crippen LogP contribution in [0.2, 0.25) is 0 Å². The minimum Gasteiger partial charge on any atom is -0.352 e. The van der Waals surface area contributed by atoms with Gasteiger partial charge in [-0.3, -0.25) is 4.79 Å². The number of hydrogen-bond acceptors (Lipinski definition) is 3. The van der Waals surface area contributed by atoms with Gasteiger partial charge >= 0.3 is 0 Å². The molecule has 0 aliphatic heterocycles. The molecule has 2 rings (SSSR count). The molecule has 0 unspecified atom stereocenters. The van der Waals surface area contributed by atoms with Crippen LogP contribution in [-0.2, 0) is 21.4 Å². The Hall–Kier alpha value is -2.25. The largest absolute Gasteiger partial charge is 0.352 e. The van der Waals surface area contributed by atoms with Gasteiger partial charge in [0.25, 0.3) is 0 Å². The first-order chi connectivity index (χ1) is 11.8. The Kier molecular flexibility index (Phi) is 6.27. The Labute approximate surface area is 147 Å². The number of nitrogens with one attached hydrogen (secondary N) is 2. The van der Waals surface area contributed by atoms with E-state index in [1.54, 1.807) is 30.3 Å². The number of amides is 1. The molecule has 0 aliphatic rings. The molecule has 25 heavy (non-hydrogen) atoms. The first kappa shape index (κ1) is 19.1. The van der Waals surface area contributed by atoms with Crippen LogP contribution < -0.4 is 10.0 Å². The molecule has 0 atom stereocenters. The third-order valence-corrected chi connectivity index (χ3v) is 5.33. The number of halogens is 1. The molecule has 0 saturated carbocycles. The molecular formula is C18H21FN2O3S. The van der Waals surface area contributed by atoms with E-state index < -0.39 is 15.8 Å². The van der Waals surface area contributed by atoms with Crippen molar-refractivity contribution in [1.29, 1.82) is 0 Å². The Morgan fingerprint density at radius 2 is 1.80 bits per heavy atom. The molecule has 134 valence electrons. The summed E-state index contributed by atoms with van der Waals surface area (Å²) in [6, 6.07) is 11.0. The molecule has 2 aromatic rings. The minimum atomic E-state index is -3.66. The maximum Gasteiger partial charge on any atom is 0.240 e. The molecule has 0 spiro atoms. The van der Waals surface area contributed by atoms with Crippen LogP contribution in [-0.4, -0.2) is 20.9 Å². The average molecular weight is 364 g/mol. The molecule has 0 bridgehead atoms. The molecule has 5 nitrogen and oxygen atoms in total. The molecular weight excluding hydrogens is 343 g/mol. The predicted molar refractivity (Wildman–Crippen MR) is 94.0 cm³/mol. The quantitative estimate of drug-likeness (QED) is 0.792. The fourth-order valence-electron chi connectivity index (χ4n) is 2.19. The maximum atomic E-state index is 13.5. The first-order valence-corrected chi connectivity index (χ1v) is 9.35. The van der Waals surface area contributed by atoms with Gasteiger partial charge in [0, 0.05) is 25.1 Å². The summed E-state index contributed by atoms with van der Waals surface area (Å²) in [4.78, 5) is 11.9. The number of aryl methyl sites for hydroxylation is 2. The molecule has 1 amide bonds. The van der Waals surface area contributed by atoms with E-state index in [2.05, 4.69) is 10.0 Å². The van der Waals surface area contributed by atoms with Crippen molar-refractivity contribution >= 4 is 15.9 Å². The van der Waals surface area contributed by atoms with Crippen LogP contribution in [0.1, 0.15) is 23.1 Å². The van der Waals surface area contributed by atoms with E-state index in [-0.39, 0.29) is 30.3 Å². The summed E-state index contributed by atoms with van der Waals surface area (Å²) in [6.45, 7) is 3.78. The lowest BCUT2D eigenvalue weighted by Gasteiger charge is -2.09. The van der Waals surface area contributed by atoms with Crippen molar-refractivity contribution in [1.82, 2.24) is 10.0 Å². The lowest BCUT2D eigenvalue weighted by Crippen LogP contribution is -2.30. The van der Waals surface area contributed by atoms with Crippen LogP contribution in [0.15, 0.2) is 47.4 Å². The number of benzene rings is 2. The summed E-state index contributed by atoms with van der Waals surface area (Å²) >= 11 is 0. The molecule has 0 radical (unpaired) electrons. The van der Waals surface area contributed by atoms with E-state index >= 15 is 0 Å². The van der Waals surface area contributed by atoms with Gasteiger partial charge in [-0.1, -0.05) is 24.3 Å². The Morgan fingerprint density at radius 3 is 2.48 bits per heavy atom. The lowest BCUT2D eigenvalue weighted by atomic mass is 10.1. The summed E-state index contributed by atoms with van der Waals surface area (Å²) in [5.74, 6) is -0.746. The van der Waals surface area contributed by atoms with Crippen LogP contribution in [0.5, 0.6) is 0 Å². The zero-order chi connectivity index (χ0) is 18.4. The van der Waals surface area contributed by atoms with E-state index in [9.17, 15) is 17.6 Å². The smallest absolute Gasteiger partial charge is 0.240 e. The SMILES string of the molecule is Cc1ccc(S(=O)(=O)NCCC(=O)NCc2ccccc2F)cc1C. The number of sulfonamides is 1. The summed E-state index contributed by atoms with van der Waals surface area (Å²) in [7, 11) is -3.66. The van der Waals surface area contributed by atoms with E-state index in [0.29, 0.717) is 5.56 Å². The number of rotatable bonds is 7. The van der Waals surface area contributed by atoms with Crippen molar-refractivity contribution < 1.29 is 17.6 Å². The summed E-state index contributed by atoms with van der Waals surface area (Å²) < 4.78 is 40.3. The Morgan fingerprint density at radius 1 is 1.08 bits per heavy atom. The monoisotopic (exact) mass is 364 g/mol. The van der Waals surface area contributed by atoms with Crippen molar-refractivity contribution in [2.45, 2.75) is 31.7 Å². The second kappa shape index (κ2) is 8.22. The van der Waals surface area contributed by atoms with Gasteiger partial charge in [-0.05, 0) is 43.2 Å². The van der Waals surface area contributed by atoms with Crippen molar-refractivity contribution in [3.05, 3.63) is 65.0 Å². The first-order valence-electron chi connectivity index (χ1n) is 7.86. The van der Waals surface area contributed by atoms with Gasteiger partial charge in [0.15, 0.2) is 0 Å². The fraction of sp³-hybridized carbons (Fsp3) is 0.278. The van der Waals surface area contributed by atoms with E-state index in [0.717, 1.165) is 11.1 Å². The highest BCUT2D eigenvalue weighted by Crippen LogP contribution is 2.14. The van der Waals surface area contributed by atoms with Gasteiger partial charge in [0.1, 0.15) is 5.82 Å². The van der Waals surface area contributed by atoms with Gasteiger partial charge < -0.3 is 5.32 Å².